The average Bonchev–Trinajstić information content (AvgIpc) is 2.70. The average molecular weight is 517 g/mol. The van der Waals surface area contributed by atoms with Crippen molar-refractivity contribution in [2.24, 2.45) is 16.6 Å². The summed E-state index contributed by atoms with van der Waals surface area (Å²) in [5, 5.41) is 6.60. The smallest absolute Gasteiger partial charge is 0.221 e. The zero-order valence-electron chi connectivity index (χ0n) is 17.7. The van der Waals surface area contributed by atoms with Crippen molar-refractivity contribution in [2.75, 3.05) is 39.9 Å². The van der Waals surface area contributed by atoms with Crippen molar-refractivity contribution in [3.8, 4) is 0 Å². The van der Waals surface area contributed by atoms with Gasteiger partial charge in [-0.2, -0.15) is 0 Å². The maximum Gasteiger partial charge on any atom is 0.221 e. The number of primary amides is 1. The zero-order chi connectivity index (χ0) is 20.2. The molecule has 1 aromatic carbocycles. The molecule has 29 heavy (non-hydrogen) atoms. The molecular weight excluding hydrogens is 481 g/mol. The molecule has 4 N–H and O–H groups in total. The summed E-state index contributed by atoms with van der Waals surface area (Å²) in [4.78, 5) is 18.5. The highest BCUT2D eigenvalue weighted by Crippen LogP contribution is 2.19. The maximum atomic E-state index is 11.5. The predicted molar refractivity (Wildman–Crippen MR) is 128 cm³/mol. The summed E-state index contributed by atoms with van der Waals surface area (Å²) in [6, 6.07) is 8.51. The molecule has 0 aliphatic carbocycles. The molecule has 0 aromatic heterocycles. The zero-order valence-corrected chi connectivity index (χ0v) is 20.0. The van der Waals surface area contributed by atoms with E-state index < -0.39 is 0 Å². The van der Waals surface area contributed by atoms with Crippen molar-refractivity contribution < 1.29 is 9.53 Å². The largest absolute Gasteiger partial charge is 0.385 e. The molecule has 1 fully saturated rings. The van der Waals surface area contributed by atoms with Crippen LogP contribution in [0.15, 0.2) is 29.3 Å². The van der Waals surface area contributed by atoms with E-state index in [1.54, 1.807) is 7.11 Å². The minimum atomic E-state index is -0.179. The summed E-state index contributed by atoms with van der Waals surface area (Å²) in [5.41, 5.74) is 7.91. The molecule has 1 aliphatic heterocycles. The SMILES string of the molecule is CCNC(=NCc1cccc(CN2CCCC(C(N)=O)C2)c1)NCCCOC.I. The first-order valence-electron chi connectivity index (χ1n) is 10.2. The van der Waals surface area contributed by atoms with Crippen molar-refractivity contribution in [3.63, 3.8) is 0 Å². The van der Waals surface area contributed by atoms with Gasteiger partial charge in [0.2, 0.25) is 5.91 Å². The molecule has 1 saturated heterocycles. The normalized spacial score (nSPS) is 17.4. The van der Waals surface area contributed by atoms with Crippen LogP contribution in [0, 0.1) is 5.92 Å². The molecule has 8 heteroatoms. The van der Waals surface area contributed by atoms with E-state index in [9.17, 15) is 4.79 Å². The van der Waals surface area contributed by atoms with Gasteiger partial charge in [0.25, 0.3) is 0 Å². The van der Waals surface area contributed by atoms with Crippen molar-refractivity contribution in [3.05, 3.63) is 35.4 Å². The summed E-state index contributed by atoms with van der Waals surface area (Å²) in [6.07, 6.45) is 2.88. The van der Waals surface area contributed by atoms with Crippen LogP contribution in [0.5, 0.6) is 0 Å². The van der Waals surface area contributed by atoms with Gasteiger partial charge in [0, 0.05) is 39.9 Å². The van der Waals surface area contributed by atoms with Crippen LogP contribution in [0.3, 0.4) is 0 Å². The van der Waals surface area contributed by atoms with Crippen LogP contribution in [-0.4, -0.2) is 56.7 Å². The standard InChI is InChI=1S/C21H35N5O2.HI/c1-3-23-21(24-10-6-12-28-2)25-14-17-7-4-8-18(13-17)15-26-11-5-9-19(16-26)20(22)27;/h4,7-8,13,19H,3,5-6,9-12,14-16H2,1-2H3,(H2,22,27)(H2,23,24,25);1H. The number of piperidine rings is 1. The van der Waals surface area contributed by atoms with Crippen LogP contribution in [-0.2, 0) is 22.6 Å². The van der Waals surface area contributed by atoms with Gasteiger partial charge in [0.15, 0.2) is 5.96 Å². The van der Waals surface area contributed by atoms with E-state index in [1.807, 2.05) is 0 Å². The molecule has 2 rings (SSSR count). The number of rotatable bonds is 10. The maximum absolute atomic E-state index is 11.5. The van der Waals surface area contributed by atoms with Crippen LogP contribution in [0.25, 0.3) is 0 Å². The summed E-state index contributed by atoms with van der Waals surface area (Å²) in [6.45, 7) is 7.69. The van der Waals surface area contributed by atoms with E-state index in [4.69, 9.17) is 10.5 Å². The summed E-state index contributed by atoms with van der Waals surface area (Å²) < 4.78 is 5.08. The van der Waals surface area contributed by atoms with Crippen molar-refractivity contribution in [2.45, 2.75) is 39.3 Å². The molecule has 1 aliphatic rings. The molecule has 1 heterocycles. The Bertz CT molecular complexity index is 641. The molecule has 1 amide bonds. The highest BCUT2D eigenvalue weighted by Gasteiger charge is 2.23. The van der Waals surface area contributed by atoms with Gasteiger partial charge in [-0.05, 0) is 43.9 Å². The van der Waals surface area contributed by atoms with Crippen LogP contribution in [0.2, 0.25) is 0 Å². The lowest BCUT2D eigenvalue weighted by Gasteiger charge is -2.31. The number of nitrogens with two attached hydrogens (primary N) is 1. The first kappa shape index (κ1) is 25.6. The Hall–Kier alpha value is -1.39. The molecular formula is C21H36IN5O2. The fraction of sp³-hybridized carbons (Fsp3) is 0.619. The van der Waals surface area contributed by atoms with E-state index in [0.29, 0.717) is 6.54 Å². The number of guanidine groups is 1. The topological polar surface area (TPSA) is 92.0 Å². The van der Waals surface area contributed by atoms with Gasteiger partial charge in [-0.25, -0.2) is 4.99 Å². The van der Waals surface area contributed by atoms with Gasteiger partial charge in [0.05, 0.1) is 12.5 Å². The number of methoxy groups -OCH3 is 1. The Labute approximate surface area is 191 Å². The summed E-state index contributed by atoms with van der Waals surface area (Å²) >= 11 is 0. The number of hydrogen-bond acceptors (Lipinski definition) is 4. The van der Waals surface area contributed by atoms with E-state index >= 15 is 0 Å². The van der Waals surface area contributed by atoms with Gasteiger partial charge in [-0.3, -0.25) is 9.69 Å². The number of halogens is 1. The molecule has 0 spiro atoms. The Morgan fingerprint density at radius 2 is 2.14 bits per heavy atom. The molecule has 7 nitrogen and oxygen atoms in total. The highest BCUT2D eigenvalue weighted by atomic mass is 127. The Kier molecular flexibility index (Phi) is 12.9. The third kappa shape index (κ3) is 9.77. The van der Waals surface area contributed by atoms with Crippen LogP contribution < -0.4 is 16.4 Å². The fourth-order valence-electron chi connectivity index (χ4n) is 3.45. The first-order chi connectivity index (χ1) is 13.6. The number of benzene rings is 1. The number of ether oxygens (including phenoxy) is 1. The molecule has 1 atom stereocenters. The summed E-state index contributed by atoms with van der Waals surface area (Å²) in [5.74, 6) is 0.625. The number of nitrogens with one attached hydrogen (secondary N) is 2. The first-order valence-corrected chi connectivity index (χ1v) is 10.2. The van der Waals surface area contributed by atoms with Gasteiger partial charge in [0.1, 0.15) is 0 Å². The Morgan fingerprint density at radius 1 is 1.34 bits per heavy atom. The molecule has 0 radical (unpaired) electrons. The number of carbonyl (C=O) groups excluding carboxylic acids is 1. The second kappa shape index (κ2) is 14.6. The number of amides is 1. The molecule has 1 aromatic rings. The van der Waals surface area contributed by atoms with Crippen molar-refractivity contribution in [1.29, 1.82) is 0 Å². The Balaban J connectivity index is 0.00000420. The number of aliphatic imine (C=N–C) groups is 1. The minimum Gasteiger partial charge on any atom is -0.385 e. The van der Waals surface area contributed by atoms with Crippen LogP contribution in [0.1, 0.15) is 37.3 Å². The molecule has 1 unspecified atom stereocenters. The van der Waals surface area contributed by atoms with E-state index in [2.05, 4.69) is 51.7 Å². The molecule has 164 valence electrons. The van der Waals surface area contributed by atoms with Gasteiger partial charge >= 0.3 is 0 Å². The summed E-state index contributed by atoms with van der Waals surface area (Å²) in [7, 11) is 1.71. The van der Waals surface area contributed by atoms with Gasteiger partial charge in [-0.15, -0.1) is 24.0 Å². The lowest BCUT2D eigenvalue weighted by Crippen LogP contribution is -2.40. The van der Waals surface area contributed by atoms with Gasteiger partial charge in [-0.1, -0.05) is 24.3 Å². The minimum absolute atomic E-state index is 0. The van der Waals surface area contributed by atoms with Crippen LogP contribution >= 0.6 is 24.0 Å². The second-order valence-corrected chi connectivity index (χ2v) is 7.26. The number of hydrogen-bond donors (Lipinski definition) is 3. The highest BCUT2D eigenvalue weighted by molar-refractivity contribution is 14.0. The predicted octanol–water partition coefficient (Wildman–Crippen LogP) is 2.09. The quantitative estimate of drug-likeness (QED) is 0.191. The lowest BCUT2D eigenvalue weighted by molar-refractivity contribution is -0.123. The third-order valence-electron chi connectivity index (χ3n) is 4.89. The fourth-order valence-corrected chi connectivity index (χ4v) is 3.45. The van der Waals surface area contributed by atoms with Gasteiger partial charge < -0.3 is 21.1 Å². The van der Waals surface area contributed by atoms with E-state index in [1.165, 1.54) is 11.1 Å². The lowest BCUT2D eigenvalue weighted by atomic mass is 9.97. The number of carbonyl (C=O) groups is 1. The Morgan fingerprint density at radius 3 is 2.86 bits per heavy atom. The van der Waals surface area contributed by atoms with E-state index in [-0.39, 0.29) is 35.8 Å². The van der Waals surface area contributed by atoms with Crippen molar-refractivity contribution in [1.82, 2.24) is 15.5 Å². The number of nitrogens with zero attached hydrogens (tertiary/aromatic N) is 2. The number of likely N-dealkylation sites (tertiary alicyclic amines) is 1. The van der Waals surface area contributed by atoms with Crippen LogP contribution in [0.4, 0.5) is 0 Å². The second-order valence-electron chi connectivity index (χ2n) is 7.26. The monoisotopic (exact) mass is 517 g/mol. The molecule has 0 saturated carbocycles. The molecule has 0 bridgehead atoms. The van der Waals surface area contributed by atoms with E-state index in [0.717, 1.165) is 64.6 Å². The third-order valence-corrected chi connectivity index (χ3v) is 4.89. The van der Waals surface area contributed by atoms with Crippen molar-refractivity contribution >= 4 is 35.8 Å².